The van der Waals surface area contributed by atoms with Crippen molar-refractivity contribution in [2.45, 2.75) is 20.0 Å². The van der Waals surface area contributed by atoms with E-state index in [9.17, 15) is 0 Å². The normalized spacial score (nSPS) is 11.4. The Kier molecular flexibility index (Phi) is 4.49. The maximum atomic E-state index is 2.49. The average Bonchev–Trinajstić information content (AvgIpc) is 2.67. The molecule has 4 rings (SSSR count). The summed E-state index contributed by atoms with van der Waals surface area (Å²) >= 11 is 0. The molecule has 0 bridgehead atoms. The van der Waals surface area contributed by atoms with Crippen LogP contribution in [-0.2, 0) is 13.1 Å². The van der Waals surface area contributed by atoms with Crippen LogP contribution in [0.5, 0.6) is 0 Å². The Morgan fingerprint density at radius 1 is 0.560 bits per heavy atom. The smallest absolute Gasteiger partial charge is 0.0237 e. The molecule has 0 unspecified atom stereocenters. The van der Waals surface area contributed by atoms with Gasteiger partial charge < -0.3 is 0 Å². The predicted octanol–water partition coefficient (Wildman–Crippen LogP) is 6.02. The van der Waals surface area contributed by atoms with Crippen molar-refractivity contribution in [1.29, 1.82) is 0 Å². The van der Waals surface area contributed by atoms with Gasteiger partial charge in [-0.2, -0.15) is 0 Å². The minimum Gasteiger partial charge on any atom is -0.295 e. The predicted molar refractivity (Wildman–Crippen MR) is 108 cm³/mol. The van der Waals surface area contributed by atoms with Crippen molar-refractivity contribution in [2.24, 2.45) is 0 Å². The van der Waals surface area contributed by atoms with Gasteiger partial charge in [-0.3, -0.25) is 4.90 Å². The fourth-order valence-electron chi connectivity index (χ4n) is 3.47. The lowest BCUT2D eigenvalue weighted by Gasteiger charge is -2.21. The van der Waals surface area contributed by atoms with Gasteiger partial charge in [-0.1, -0.05) is 79.7 Å². The molecule has 1 nitrogen and oxygen atoms in total. The van der Waals surface area contributed by atoms with Crippen LogP contribution in [0.4, 0.5) is 0 Å². The molecular formula is C24H23N. The second-order valence-electron chi connectivity index (χ2n) is 6.67. The monoisotopic (exact) mass is 325 g/mol. The van der Waals surface area contributed by atoms with Crippen LogP contribution in [0.15, 0.2) is 84.9 Å². The Balaban J connectivity index is 1.54. The van der Waals surface area contributed by atoms with Crippen molar-refractivity contribution in [1.82, 2.24) is 4.90 Å². The Morgan fingerprint density at radius 3 is 1.44 bits per heavy atom. The van der Waals surface area contributed by atoms with E-state index in [4.69, 9.17) is 0 Å². The van der Waals surface area contributed by atoms with Crippen LogP contribution in [0.3, 0.4) is 0 Å². The third-order valence-electron chi connectivity index (χ3n) is 4.89. The second-order valence-corrected chi connectivity index (χ2v) is 6.67. The van der Waals surface area contributed by atoms with E-state index in [1.165, 1.54) is 32.7 Å². The second kappa shape index (κ2) is 7.08. The highest BCUT2D eigenvalue weighted by atomic mass is 15.1. The lowest BCUT2D eigenvalue weighted by molar-refractivity contribution is 0.271. The van der Waals surface area contributed by atoms with Gasteiger partial charge in [-0.05, 0) is 51.3 Å². The number of nitrogens with zero attached hydrogens (tertiary/aromatic N) is 1. The van der Waals surface area contributed by atoms with E-state index < -0.39 is 0 Å². The molecule has 0 heterocycles. The molecule has 0 amide bonds. The number of fused-ring (bicyclic) bond motifs is 2. The summed E-state index contributed by atoms with van der Waals surface area (Å²) in [5, 5.41) is 5.26. The van der Waals surface area contributed by atoms with E-state index in [0.717, 1.165) is 19.6 Å². The summed E-state index contributed by atoms with van der Waals surface area (Å²) in [4.78, 5) is 2.49. The third kappa shape index (κ3) is 3.57. The summed E-state index contributed by atoms with van der Waals surface area (Å²) in [6.45, 7) is 5.24. The van der Waals surface area contributed by atoms with Gasteiger partial charge >= 0.3 is 0 Å². The lowest BCUT2D eigenvalue weighted by atomic mass is 10.1. The van der Waals surface area contributed by atoms with Gasteiger partial charge in [0, 0.05) is 13.1 Å². The molecule has 25 heavy (non-hydrogen) atoms. The average molecular weight is 325 g/mol. The number of hydrogen-bond donors (Lipinski definition) is 0. The van der Waals surface area contributed by atoms with Crippen molar-refractivity contribution >= 4 is 21.5 Å². The van der Waals surface area contributed by atoms with Crippen molar-refractivity contribution in [3.05, 3.63) is 96.1 Å². The van der Waals surface area contributed by atoms with Crippen LogP contribution in [0.25, 0.3) is 21.5 Å². The first kappa shape index (κ1) is 15.9. The number of hydrogen-bond acceptors (Lipinski definition) is 1. The van der Waals surface area contributed by atoms with Gasteiger partial charge in [-0.25, -0.2) is 0 Å². The molecule has 0 aliphatic carbocycles. The molecule has 4 aromatic rings. The highest BCUT2D eigenvalue weighted by Crippen LogP contribution is 2.20. The van der Waals surface area contributed by atoms with Gasteiger partial charge in [0.25, 0.3) is 0 Å². The third-order valence-corrected chi connectivity index (χ3v) is 4.89. The van der Waals surface area contributed by atoms with E-state index in [0.29, 0.717) is 0 Å². The number of rotatable bonds is 5. The molecule has 0 saturated heterocycles. The Bertz CT molecular complexity index is 921. The van der Waals surface area contributed by atoms with Crippen molar-refractivity contribution in [3.63, 3.8) is 0 Å². The first-order chi connectivity index (χ1) is 12.3. The molecule has 0 fully saturated rings. The van der Waals surface area contributed by atoms with Crippen LogP contribution in [0.1, 0.15) is 18.1 Å². The van der Waals surface area contributed by atoms with Gasteiger partial charge in [0.2, 0.25) is 0 Å². The molecule has 124 valence electrons. The van der Waals surface area contributed by atoms with Crippen LogP contribution >= 0.6 is 0 Å². The Hall–Kier alpha value is -2.64. The quantitative estimate of drug-likeness (QED) is 0.434. The molecule has 0 N–H and O–H groups in total. The maximum Gasteiger partial charge on any atom is 0.0237 e. The molecule has 0 aromatic heterocycles. The first-order valence-electron chi connectivity index (χ1n) is 8.99. The van der Waals surface area contributed by atoms with Gasteiger partial charge in [0.05, 0.1) is 0 Å². The molecule has 0 radical (unpaired) electrons. The Labute approximate surface area is 149 Å². The van der Waals surface area contributed by atoms with Crippen LogP contribution in [0.2, 0.25) is 0 Å². The van der Waals surface area contributed by atoms with E-state index >= 15 is 0 Å². The molecule has 4 aromatic carbocycles. The molecule has 0 saturated carbocycles. The van der Waals surface area contributed by atoms with E-state index in [2.05, 4.69) is 96.8 Å². The van der Waals surface area contributed by atoms with Crippen molar-refractivity contribution < 1.29 is 0 Å². The standard InChI is InChI=1S/C24H23N/c1-2-25(17-19-11-13-21-7-3-5-9-23(21)15-19)18-20-12-14-22-8-4-6-10-24(22)16-20/h3-16H,2,17-18H2,1H3. The fourth-order valence-corrected chi connectivity index (χ4v) is 3.47. The Morgan fingerprint density at radius 2 is 1.00 bits per heavy atom. The van der Waals surface area contributed by atoms with Crippen molar-refractivity contribution in [2.75, 3.05) is 6.54 Å². The minimum absolute atomic E-state index is 0.980. The molecular weight excluding hydrogens is 302 g/mol. The maximum absolute atomic E-state index is 2.49. The zero-order valence-electron chi connectivity index (χ0n) is 14.7. The van der Waals surface area contributed by atoms with E-state index in [1.54, 1.807) is 0 Å². The van der Waals surface area contributed by atoms with Gasteiger partial charge in [0.15, 0.2) is 0 Å². The van der Waals surface area contributed by atoms with Gasteiger partial charge in [-0.15, -0.1) is 0 Å². The fraction of sp³-hybridized carbons (Fsp3) is 0.167. The van der Waals surface area contributed by atoms with Gasteiger partial charge in [0.1, 0.15) is 0 Å². The highest BCUT2D eigenvalue weighted by Gasteiger charge is 2.06. The lowest BCUT2D eigenvalue weighted by Crippen LogP contribution is -2.22. The molecule has 0 aliphatic heterocycles. The van der Waals surface area contributed by atoms with E-state index in [1.807, 2.05) is 0 Å². The summed E-state index contributed by atoms with van der Waals surface area (Å²) in [6, 6.07) is 30.8. The number of benzene rings is 4. The minimum atomic E-state index is 0.980. The topological polar surface area (TPSA) is 3.24 Å². The summed E-state index contributed by atoms with van der Waals surface area (Å²) in [5.41, 5.74) is 2.75. The zero-order valence-corrected chi connectivity index (χ0v) is 14.7. The summed E-state index contributed by atoms with van der Waals surface area (Å²) in [6.07, 6.45) is 0. The molecule has 0 spiro atoms. The molecule has 0 atom stereocenters. The summed E-state index contributed by atoms with van der Waals surface area (Å²) in [5.74, 6) is 0. The van der Waals surface area contributed by atoms with Crippen LogP contribution < -0.4 is 0 Å². The van der Waals surface area contributed by atoms with Crippen molar-refractivity contribution in [3.8, 4) is 0 Å². The molecule has 0 aliphatic rings. The van der Waals surface area contributed by atoms with Crippen LogP contribution in [-0.4, -0.2) is 11.4 Å². The summed E-state index contributed by atoms with van der Waals surface area (Å²) in [7, 11) is 0. The zero-order chi connectivity index (χ0) is 17.1. The van der Waals surface area contributed by atoms with Crippen LogP contribution in [0, 0.1) is 0 Å². The first-order valence-corrected chi connectivity index (χ1v) is 8.99. The summed E-state index contributed by atoms with van der Waals surface area (Å²) < 4.78 is 0. The highest BCUT2D eigenvalue weighted by molar-refractivity contribution is 5.83. The molecule has 1 heteroatoms. The SMILES string of the molecule is CCN(Cc1ccc2ccccc2c1)Cc1ccc2ccccc2c1. The largest absolute Gasteiger partial charge is 0.295 e. The van der Waals surface area contributed by atoms with E-state index in [-0.39, 0.29) is 0 Å².